The molecule has 1 saturated heterocycles. The van der Waals surface area contributed by atoms with Gasteiger partial charge < -0.3 is 15.6 Å². The number of nitrogens with two attached hydrogens (primary N) is 1. The van der Waals surface area contributed by atoms with E-state index >= 15 is 0 Å². The lowest BCUT2D eigenvalue weighted by Gasteiger charge is -2.24. The van der Waals surface area contributed by atoms with Crippen LogP contribution < -0.4 is 10.6 Å². The summed E-state index contributed by atoms with van der Waals surface area (Å²) in [6.45, 7) is 1.92. The standard InChI is InChI=1S/C15H20N2O4/c1-10-2-4-11(5-3-10)17(9-14(18)19)15(20)13-7-6-12(8-16)21-13/h2-5,12-13H,6-9,16H2,1H3,(H,18,19). The minimum atomic E-state index is -1.06. The second-order valence-electron chi connectivity index (χ2n) is 5.21. The fourth-order valence-electron chi connectivity index (χ4n) is 2.39. The SMILES string of the molecule is Cc1ccc(N(CC(=O)O)C(=O)C2CCC(CN)O2)cc1. The molecule has 1 aromatic rings. The topological polar surface area (TPSA) is 92.9 Å². The van der Waals surface area contributed by atoms with Crippen LogP contribution in [-0.2, 0) is 14.3 Å². The normalized spacial score (nSPS) is 21.2. The number of nitrogens with zero attached hydrogens (tertiary/aromatic N) is 1. The van der Waals surface area contributed by atoms with E-state index in [9.17, 15) is 9.59 Å². The van der Waals surface area contributed by atoms with Gasteiger partial charge in [0.25, 0.3) is 5.91 Å². The summed E-state index contributed by atoms with van der Waals surface area (Å²) < 4.78 is 5.57. The van der Waals surface area contributed by atoms with Gasteiger partial charge in [-0.2, -0.15) is 0 Å². The van der Waals surface area contributed by atoms with E-state index in [2.05, 4.69) is 0 Å². The van der Waals surface area contributed by atoms with E-state index in [1.807, 2.05) is 19.1 Å². The lowest BCUT2D eigenvalue weighted by Crippen LogP contribution is -2.42. The quantitative estimate of drug-likeness (QED) is 0.841. The first-order chi connectivity index (χ1) is 10.0. The highest BCUT2D eigenvalue weighted by atomic mass is 16.5. The van der Waals surface area contributed by atoms with Gasteiger partial charge in [-0.05, 0) is 31.9 Å². The monoisotopic (exact) mass is 292 g/mol. The fourth-order valence-corrected chi connectivity index (χ4v) is 2.39. The van der Waals surface area contributed by atoms with Crippen molar-refractivity contribution >= 4 is 17.6 Å². The summed E-state index contributed by atoms with van der Waals surface area (Å²) in [6.07, 6.45) is 0.563. The molecule has 6 heteroatoms. The zero-order chi connectivity index (χ0) is 15.4. The molecule has 2 rings (SSSR count). The van der Waals surface area contributed by atoms with Crippen LogP contribution in [0.2, 0.25) is 0 Å². The Labute approximate surface area is 123 Å². The van der Waals surface area contributed by atoms with Gasteiger partial charge >= 0.3 is 5.97 Å². The zero-order valence-electron chi connectivity index (χ0n) is 12.0. The highest BCUT2D eigenvalue weighted by Gasteiger charge is 2.34. The van der Waals surface area contributed by atoms with Gasteiger partial charge in [0.2, 0.25) is 0 Å². The third-order valence-electron chi connectivity index (χ3n) is 3.55. The van der Waals surface area contributed by atoms with Gasteiger partial charge in [-0.1, -0.05) is 17.7 Å². The number of hydrogen-bond acceptors (Lipinski definition) is 4. The number of anilines is 1. The summed E-state index contributed by atoms with van der Waals surface area (Å²) in [5, 5.41) is 9.03. The molecule has 6 nitrogen and oxygen atoms in total. The number of aliphatic carboxylic acids is 1. The van der Waals surface area contributed by atoms with E-state index in [0.717, 1.165) is 12.0 Å². The number of hydrogen-bond donors (Lipinski definition) is 2. The number of benzene rings is 1. The van der Waals surface area contributed by atoms with E-state index in [-0.39, 0.29) is 18.6 Å². The molecule has 21 heavy (non-hydrogen) atoms. The van der Waals surface area contributed by atoms with Gasteiger partial charge in [0.1, 0.15) is 12.6 Å². The zero-order valence-corrected chi connectivity index (χ0v) is 12.0. The average molecular weight is 292 g/mol. The minimum Gasteiger partial charge on any atom is -0.480 e. The summed E-state index contributed by atoms with van der Waals surface area (Å²) in [5.41, 5.74) is 7.14. The number of ether oxygens (including phenoxy) is 1. The molecule has 3 N–H and O–H groups in total. The molecule has 1 aliphatic heterocycles. The number of carboxylic acids is 1. The molecule has 0 aromatic heterocycles. The predicted octanol–water partition coefficient (Wildman–Crippen LogP) is 0.919. The van der Waals surface area contributed by atoms with Crippen LogP contribution in [0.3, 0.4) is 0 Å². The van der Waals surface area contributed by atoms with Crippen molar-refractivity contribution in [2.75, 3.05) is 18.0 Å². The van der Waals surface area contributed by atoms with E-state index in [1.54, 1.807) is 12.1 Å². The van der Waals surface area contributed by atoms with Crippen LogP contribution in [0.25, 0.3) is 0 Å². The van der Waals surface area contributed by atoms with Crippen LogP contribution in [-0.4, -0.2) is 42.3 Å². The molecule has 0 aliphatic carbocycles. The highest BCUT2D eigenvalue weighted by Crippen LogP contribution is 2.24. The Morgan fingerprint density at radius 1 is 1.33 bits per heavy atom. The molecule has 0 radical (unpaired) electrons. The van der Waals surface area contributed by atoms with Crippen LogP contribution in [0.1, 0.15) is 18.4 Å². The second-order valence-corrected chi connectivity index (χ2v) is 5.21. The fraction of sp³-hybridized carbons (Fsp3) is 0.467. The van der Waals surface area contributed by atoms with Gasteiger partial charge in [0.15, 0.2) is 0 Å². The molecule has 1 fully saturated rings. The Bertz CT molecular complexity index is 515. The number of rotatable bonds is 5. The van der Waals surface area contributed by atoms with Crippen LogP contribution in [0, 0.1) is 6.92 Å². The maximum absolute atomic E-state index is 12.5. The van der Waals surface area contributed by atoms with Crippen LogP contribution in [0.4, 0.5) is 5.69 Å². The molecule has 2 unspecified atom stereocenters. The van der Waals surface area contributed by atoms with Crippen LogP contribution >= 0.6 is 0 Å². The first-order valence-corrected chi connectivity index (χ1v) is 6.96. The highest BCUT2D eigenvalue weighted by molar-refractivity contribution is 6.00. The van der Waals surface area contributed by atoms with Crippen molar-refractivity contribution in [3.8, 4) is 0 Å². The Balaban J connectivity index is 2.17. The molecule has 0 saturated carbocycles. The summed E-state index contributed by atoms with van der Waals surface area (Å²) in [4.78, 5) is 24.8. The van der Waals surface area contributed by atoms with Gasteiger partial charge in [-0.3, -0.25) is 14.5 Å². The number of aryl methyl sites for hydroxylation is 1. The molecular formula is C15H20N2O4. The Kier molecular flexibility index (Phi) is 4.93. The third-order valence-corrected chi connectivity index (χ3v) is 3.55. The summed E-state index contributed by atoms with van der Waals surface area (Å²) in [7, 11) is 0. The number of carboxylic acid groups (broad SMARTS) is 1. The maximum Gasteiger partial charge on any atom is 0.323 e. The average Bonchev–Trinajstić information content (AvgIpc) is 2.94. The number of amides is 1. The molecule has 1 heterocycles. The maximum atomic E-state index is 12.5. The molecule has 2 atom stereocenters. The van der Waals surface area contributed by atoms with Gasteiger partial charge in [-0.15, -0.1) is 0 Å². The van der Waals surface area contributed by atoms with E-state index in [4.69, 9.17) is 15.6 Å². The number of carbonyl (C=O) groups is 2. The van der Waals surface area contributed by atoms with E-state index in [0.29, 0.717) is 18.7 Å². The smallest absolute Gasteiger partial charge is 0.323 e. The molecule has 114 valence electrons. The van der Waals surface area contributed by atoms with Crippen molar-refractivity contribution < 1.29 is 19.4 Å². The molecular weight excluding hydrogens is 272 g/mol. The van der Waals surface area contributed by atoms with Crippen molar-refractivity contribution in [2.24, 2.45) is 5.73 Å². The van der Waals surface area contributed by atoms with Gasteiger partial charge in [0.05, 0.1) is 6.10 Å². The first-order valence-electron chi connectivity index (χ1n) is 6.96. The van der Waals surface area contributed by atoms with Crippen LogP contribution in [0.5, 0.6) is 0 Å². The minimum absolute atomic E-state index is 0.122. The van der Waals surface area contributed by atoms with Crippen molar-refractivity contribution in [3.05, 3.63) is 29.8 Å². The van der Waals surface area contributed by atoms with E-state index in [1.165, 1.54) is 4.90 Å². The lowest BCUT2D eigenvalue weighted by molar-refractivity contribution is -0.138. The van der Waals surface area contributed by atoms with E-state index < -0.39 is 12.1 Å². The molecule has 1 aliphatic rings. The summed E-state index contributed by atoms with van der Waals surface area (Å²) in [5.74, 6) is -1.38. The predicted molar refractivity (Wildman–Crippen MR) is 78.1 cm³/mol. The number of carbonyl (C=O) groups excluding carboxylic acids is 1. The molecule has 1 amide bonds. The second kappa shape index (κ2) is 6.69. The van der Waals surface area contributed by atoms with Crippen molar-refractivity contribution in [1.82, 2.24) is 0 Å². The summed E-state index contributed by atoms with van der Waals surface area (Å²) >= 11 is 0. The Morgan fingerprint density at radius 2 is 2.00 bits per heavy atom. The first kappa shape index (κ1) is 15.5. The van der Waals surface area contributed by atoms with Crippen molar-refractivity contribution in [3.63, 3.8) is 0 Å². The van der Waals surface area contributed by atoms with Crippen molar-refractivity contribution in [2.45, 2.75) is 32.0 Å². The Hall–Kier alpha value is -1.92. The van der Waals surface area contributed by atoms with Crippen LogP contribution in [0.15, 0.2) is 24.3 Å². The Morgan fingerprint density at radius 3 is 2.52 bits per heavy atom. The molecule has 0 spiro atoms. The third kappa shape index (κ3) is 3.80. The molecule has 0 bridgehead atoms. The molecule has 1 aromatic carbocycles. The lowest BCUT2D eigenvalue weighted by atomic mass is 10.1. The van der Waals surface area contributed by atoms with Gasteiger partial charge in [-0.25, -0.2) is 0 Å². The van der Waals surface area contributed by atoms with Gasteiger partial charge in [0, 0.05) is 12.2 Å². The largest absolute Gasteiger partial charge is 0.480 e. The van der Waals surface area contributed by atoms with Crippen molar-refractivity contribution in [1.29, 1.82) is 0 Å². The summed E-state index contributed by atoms with van der Waals surface area (Å²) in [6, 6.07) is 7.17.